The monoisotopic (exact) mass is 277 g/mol. The Morgan fingerprint density at radius 2 is 1.89 bits per heavy atom. The first-order valence-corrected chi connectivity index (χ1v) is 7.99. The van der Waals surface area contributed by atoms with Crippen LogP contribution in [0.15, 0.2) is 35.2 Å². The summed E-state index contributed by atoms with van der Waals surface area (Å²) < 4.78 is -0.217. The van der Waals surface area contributed by atoms with Crippen molar-refractivity contribution in [1.29, 1.82) is 0 Å². The van der Waals surface area contributed by atoms with E-state index in [1.54, 1.807) is 11.8 Å². The summed E-state index contributed by atoms with van der Waals surface area (Å²) in [6.07, 6.45) is 5.39. The van der Waals surface area contributed by atoms with E-state index in [1.807, 2.05) is 30.1 Å². The zero-order valence-corrected chi connectivity index (χ0v) is 12.7. The Kier molecular flexibility index (Phi) is 4.92. The predicted octanol–water partition coefficient (Wildman–Crippen LogP) is 3.96. The van der Waals surface area contributed by atoms with Crippen LogP contribution in [0.3, 0.4) is 0 Å². The van der Waals surface area contributed by atoms with Gasteiger partial charge in [-0.25, -0.2) is 0 Å². The molecule has 0 saturated heterocycles. The Hall–Kier alpha value is -0.960. The number of thioether (sulfide) groups is 1. The van der Waals surface area contributed by atoms with Crippen LogP contribution in [-0.2, 0) is 4.79 Å². The highest BCUT2D eigenvalue weighted by Crippen LogP contribution is 2.46. The molecule has 0 aliphatic heterocycles. The molecule has 19 heavy (non-hydrogen) atoms. The van der Waals surface area contributed by atoms with Crippen LogP contribution in [0.5, 0.6) is 0 Å². The number of carbonyl (C=O) groups is 1. The summed E-state index contributed by atoms with van der Waals surface area (Å²) in [7, 11) is 1.94. The lowest BCUT2D eigenvalue weighted by Gasteiger charge is -2.31. The number of hydrogen-bond acceptors (Lipinski definition) is 2. The van der Waals surface area contributed by atoms with Crippen LogP contribution < -0.4 is 0 Å². The molecule has 1 amide bonds. The van der Waals surface area contributed by atoms with Crippen LogP contribution in [0, 0.1) is 0 Å². The van der Waals surface area contributed by atoms with Crippen LogP contribution >= 0.6 is 11.8 Å². The third-order valence-corrected chi connectivity index (χ3v) is 5.24. The van der Waals surface area contributed by atoms with Crippen LogP contribution in [0.2, 0.25) is 0 Å². The first-order valence-electron chi connectivity index (χ1n) is 7.17. The molecule has 1 aliphatic rings. The van der Waals surface area contributed by atoms with Crippen molar-refractivity contribution in [1.82, 2.24) is 4.90 Å². The number of carbonyl (C=O) groups excluding carboxylic acids is 1. The highest BCUT2D eigenvalue weighted by atomic mass is 32.2. The molecule has 1 aromatic carbocycles. The summed E-state index contributed by atoms with van der Waals surface area (Å²) in [4.78, 5) is 15.9. The highest BCUT2D eigenvalue weighted by Gasteiger charge is 2.43. The molecule has 104 valence electrons. The minimum Gasteiger partial charge on any atom is -0.345 e. The third kappa shape index (κ3) is 3.33. The van der Waals surface area contributed by atoms with Gasteiger partial charge >= 0.3 is 0 Å². The number of benzene rings is 1. The smallest absolute Gasteiger partial charge is 0.238 e. The second kappa shape index (κ2) is 6.47. The quantitative estimate of drug-likeness (QED) is 0.812. The zero-order chi connectivity index (χ0) is 13.7. The second-order valence-electron chi connectivity index (χ2n) is 5.34. The van der Waals surface area contributed by atoms with Crippen LogP contribution in [-0.4, -0.2) is 29.1 Å². The number of amides is 1. The number of hydrogen-bond donors (Lipinski definition) is 0. The molecule has 2 nitrogen and oxygen atoms in total. The van der Waals surface area contributed by atoms with E-state index in [1.165, 1.54) is 17.7 Å². The lowest BCUT2D eigenvalue weighted by molar-refractivity contribution is -0.132. The summed E-state index contributed by atoms with van der Waals surface area (Å²) in [6.45, 7) is 2.98. The van der Waals surface area contributed by atoms with Crippen LogP contribution in [0.4, 0.5) is 0 Å². The maximum Gasteiger partial charge on any atom is 0.238 e. The molecule has 0 aromatic heterocycles. The van der Waals surface area contributed by atoms with Gasteiger partial charge < -0.3 is 4.90 Å². The van der Waals surface area contributed by atoms with Crippen molar-refractivity contribution in [3.8, 4) is 0 Å². The molecule has 0 atom stereocenters. The molecule has 1 fully saturated rings. The van der Waals surface area contributed by atoms with Crippen molar-refractivity contribution in [3.63, 3.8) is 0 Å². The van der Waals surface area contributed by atoms with Gasteiger partial charge in [-0.1, -0.05) is 38.0 Å². The lowest BCUT2D eigenvalue weighted by Crippen LogP contribution is -2.43. The Morgan fingerprint density at radius 3 is 2.47 bits per heavy atom. The van der Waals surface area contributed by atoms with Gasteiger partial charge in [0.25, 0.3) is 0 Å². The van der Waals surface area contributed by atoms with Gasteiger partial charge in [0.15, 0.2) is 0 Å². The lowest BCUT2D eigenvalue weighted by atomic mass is 10.1. The first kappa shape index (κ1) is 14.4. The van der Waals surface area contributed by atoms with Gasteiger partial charge in [0, 0.05) is 18.5 Å². The summed E-state index contributed by atoms with van der Waals surface area (Å²) >= 11 is 1.77. The summed E-state index contributed by atoms with van der Waals surface area (Å²) in [5.74, 6) is 0.320. The fourth-order valence-electron chi connectivity index (χ4n) is 2.80. The molecular weight excluding hydrogens is 254 g/mol. The predicted molar refractivity (Wildman–Crippen MR) is 81.4 cm³/mol. The van der Waals surface area contributed by atoms with Gasteiger partial charge in [-0.15, -0.1) is 11.8 Å². The average molecular weight is 277 g/mol. The normalized spacial score (nSPS) is 17.4. The van der Waals surface area contributed by atoms with E-state index >= 15 is 0 Å². The van der Waals surface area contributed by atoms with E-state index in [-0.39, 0.29) is 4.75 Å². The molecule has 0 heterocycles. The molecule has 1 aromatic rings. The van der Waals surface area contributed by atoms with Gasteiger partial charge in [0.1, 0.15) is 0 Å². The maximum absolute atomic E-state index is 12.8. The Labute approximate surface area is 120 Å². The zero-order valence-electron chi connectivity index (χ0n) is 11.9. The van der Waals surface area contributed by atoms with Crippen LogP contribution in [0.1, 0.15) is 39.0 Å². The molecule has 0 spiro atoms. The van der Waals surface area contributed by atoms with Gasteiger partial charge in [0.05, 0.1) is 4.75 Å². The standard InChI is InChI=1S/C16H23NOS/c1-3-13-17(2)15(18)16(11-7-8-12-16)19-14-9-5-4-6-10-14/h4-6,9-10H,3,7-8,11-13H2,1-2H3. The van der Waals surface area contributed by atoms with Crippen molar-refractivity contribution in [2.75, 3.05) is 13.6 Å². The fraction of sp³-hybridized carbons (Fsp3) is 0.562. The van der Waals surface area contributed by atoms with Crippen molar-refractivity contribution in [2.45, 2.75) is 48.7 Å². The second-order valence-corrected chi connectivity index (χ2v) is 6.80. The van der Waals surface area contributed by atoms with Gasteiger partial charge in [-0.05, 0) is 31.4 Å². The van der Waals surface area contributed by atoms with Crippen LogP contribution in [0.25, 0.3) is 0 Å². The van der Waals surface area contributed by atoms with E-state index in [2.05, 4.69) is 19.1 Å². The maximum atomic E-state index is 12.8. The highest BCUT2D eigenvalue weighted by molar-refractivity contribution is 8.01. The molecular formula is C16H23NOS. The van der Waals surface area contributed by atoms with E-state index in [0.29, 0.717) is 5.91 Å². The average Bonchev–Trinajstić information content (AvgIpc) is 2.89. The van der Waals surface area contributed by atoms with E-state index in [9.17, 15) is 4.79 Å². The Morgan fingerprint density at radius 1 is 1.26 bits per heavy atom. The first-order chi connectivity index (χ1) is 9.18. The summed E-state index contributed by atoms with van der Waals surface area (Å²) in [6, 6.07) is 10.3. The molecule has 1 saturated carbocycles. The number of nitrogens with zero attached hydrogens (tertiary/aromatic N) is 1. The molecule has 0 radical (unpaired) electrons. The van der Waals surface area contributed by atoms with E-state index in [4.69, 9.17) is 0 Å². The molecule has 0 N–H and O–H groups in total. The molecule has 2 rings (SSSR count). The minimum atomic E-state index is -0.217. The minimum absolute atomic E-state index is 0.217. The molecule has 0 unspecified atom stereocenters. The Balaban J connectivity index is 2.16. The molecule has 0 bridgehead atoms. The van der Waals surface area contributed by atoms with E-state index < -0.39 is 0 Å². The van der Waals surface area contributed by atoms with Gasteiger partial charge in [-0.2, -0.15) is 0 Å². The summed E-state index contributed by atoms with van der Waals surface area (Å²) in [5, 5.41) is 0. The van der Waals surface area contributed by atoms with Crippen molar-refractivity contribution in [3.05, 3.63) is 30.3 Å². The van der Waals surface area contributed by atoms with Gasteiger partial charge in [-0.3, -0.25) is 4.79 Å². The fourth-order valence-corrected chi connectivity index (χ4v) is 4.28. The number of rotatable bonds is 5. The third-order valence-electron chi connectivity index (χ3n) is 3.76. The SMILES string of the molecule is CCCN(C)C(=O)C1(Sc2ccccc2)CCCC1. The topological polar surface area (TPSA) is 20.3 Å². The van der Waals surface area contributed by atoms with Crippen molar-refractivity contribution >= 4 is 17.7 Å². The molecule has 3 heteroatoms. The van der Waals surface area contributed by atoms with Gasteiger partial charge in [0.2, 0.25) is 5.91 Å². The van der Waals surface area contributed by atoms with E-state index in [0.717, 1.165) is 25.8 Å². The van der Waals surface area contributed by atoms with Crippen molar-refractivity contribution in [2.24, 2.45) is 0 Å². The van der Waals surface area contributed by atoms with Crippen molar-refractivity contribution < 1.29 is 4.79 Å². The Bertz CT molecular complexity index is 412. The largest absolute Gasteiger partial charge is 0.345 e. The summed E-state index contributed by atoms with van der Waals surface area (Å²) in [5.41, 5.74) is 0. The molecule has 1 aliphatic carbocycles.